The van der Waals surface area contributed by atoms with E-state index in [0.29, 0.717) is 18.0 Å². The van der Waals surface area contributed by atoms with Crippen LogP contribution in [0.15, 0.2) is 53.9 Å². The molecule has 0 aliphatic heterocycles. The maximum atomic E-state index is 12.9. The first-order chi connectivity index (χ1) is 12.5. The Morgan fingerprint density at radius 2 is 1.77 bits per heavy atom. The van der Waals surface area contributed by atoms with Crippen molar-refractivity contribution in [3.63, 3.8) is 0 Å². The maximum Gasteiger partial charge on any atom is 0.261 e. The number of thiophene rings is 1. The number of halogens is 1. The molecule has 1 amide bonds. The smallest absolute Gasteiger partial charge is 0.261 e. The Hall–Kier alpha value is -2.66. The molecule has 0 aliphatic rings. The van der Waals surface area contributed by atoms with Gasteiger partial charge in [0.05, 0.1) is 4.88 Å². The Kier molecular flexibility index (Phi) is 5.68. The number of ether oxygens (including phenoxy) is 1. The van der Waals surface area contributed by atoms with E-state index in [4.69, 9.17) is 4.74 Å². The minimum atomic E-state index is -0.285. The van der Waals surface area contributed by atoms with Gasteiger partial charge in [-0.2, -0.15) is 0 Å². The highest BCUT2D eigenvalue weighted by Gasteiger charge is 2.10. The van der Waals surface area contributed by atoms with Gasteiger partial charge < -0.3 is 10.1 Å². The molecule has 26 heavy (non-hydrogen) atoms. The van der Waals surface area contributed by atoms with Crippen LogP contribution in [0.1, 0.15) is 31.9 Å². The topological polar surface area (TPSA) is 38.3 Å². The second-order valence-corrected chi connectivity index (χ2v) is 7.05. The molecule has 0 bridgehead atoms. The molecular weight excluding hydrogens is 349 g/mol. The molecule has 5 heteroatoms. The summed E-state index contributed by atoms with van der Waals surface area (Å²) < 4.78 is 18.8. The summed E-state index contributed by atoms with van der Waals surface area (Å²) in [6, 6.07) is 14.0. The third kappa shape index (κ3) is 4.49. The van der Waals surface area contributed by atoms with Gasteiger partial charge in [-0.3, -0.25) is 4.79 Å². The molecule has 2 aromatic carbocycles. The van der Waals surface area contributed by atoms with Gasteiger partial charge in [0.2, 0.25) is 0 Å². The summed E-state index contributed by atoms with van der Waals surface area (Å²) in [6.07, 6.45) is 0. The minimum Gasteiger partial charge on any atom is -0.488 e. The number of carbonyl (C=O) groups excluding carboxylic acids is 1. The van der Waals surface area contributed by atoms with Gasteiger partial charge in [-0.1, -0.05) is 30.3 Å². The van der Waals surface area contributed by atoms with Crippen LogP contribution in [0, 0.1) is 19.7 Å². The maximum absolute atomic E-state index is 12.9. The lowest BCUT2D eigenvalue weighted by molar-refractivity contribution is 0.0955. The minimum absolute atomic E-state index is 0.141. The molecule has 1 N–H and O–H groups in total. The van der Waals surface area contributed by atoms with E-state index in [0.717, 1.165) is 28.0 Å². The predicted molar refractivity (Wildman–Crippen MR) is 102 cm³/mol. The van der Waals surface area contributed by atoms with Crippen LogP contribution in [0.2, 0.25) is 0 Å². The van der Waals surface area contributed by atoms with Gasteiger partial charge >= 0.3 is 0 Å². The zero-order chi connectivity index (χ0) is 18.5. The fourth-order valence-corrected chi connectivity index (χ4v) is 3.44. The monoisotopic (exact) mass is 369 g/mol. The number of carbonyl (C=O) groups is 1. The Morgan fingerprint density at radius 3 is 2.46 bits per heavy atom. The van der Waals surface area contributed by atoms with Crippen molar-refractivity contribution in [2.75, 3.05) is 0 Å². The van der Waals surface area contributed by atoms with Crippen LogP contribution < -0.4 is 10.1 Å². The highest BCUT2D eigenvalue weighted by atomic mass is 32.1. The van der Waals surface area contributed by atoms with Crippen molar-refractivity contribution in [1.29, 1.82) is 0 Å². The van der Waals surface area contributed by atoms with Gasteiger partial charge in [-0.05, 0) is 54.1 Å². The van der Waals surface area contributed by atoms with Crippen LogP contribution in [0.5, 0.6) is 5.75 Å². The van der Waals surface area contributed by atoms with Gasteiger partial charge in [0.15, 0.2) is 0 Å². The first kappa shape index (κ1) is 18.1. The van der Waals surface area contributed by atoms with Crippen LogP contribution >= 0.6 is 11.3 Å². The molecule has 3 nitrogen and oxygen atoms in total. The summed E-state index contributed by atoms with van der Waals surface area (Å²) in [5.41, 5.74) is 4.01. The van der Waals surface area contributed by atoms with Gasteiger partial charge in [0.25, 0.3) is 5.91 Å². The molecular formula is C21H20FNO2S. The molecule has 1 aromatic heterocycles. The third-order valence-corrected chi connectivity index (χ3v) is 5.01. The zero-order valence-electron chi connectivity index (χ0n) is 14.7. The number of aryl methyl sites for hydroxylation is 2. The van der Waals surface area contributed by atoms with Gasteiger partial charge in [0, 0.05) is 12.1 Å². The normalized spacial score (nSPS) is 10.6. The van der Waals surface area contributed by atoms with E-state index >= 15 is 0 Å². The second-order valence-electron chi connectivity index (χ2n) is 6.14. The molecule has 0 aliphatic carbocycles. The molecule has 3 rings (SSSR count). The van der Waals surface area contributed by atoms with E-state index in [1.807, 2.05) is 43.5 Å². The average Bonchev–Trinajstić information content (AvgIpc) is 3.10. The van der Waals surface area contributed by atoms with Crippen molar-refractivity contribution in [3.05, 3.63) is 86.9 Å². The molecule has 0 fully saturated rings. The molecule has 0 spiro atoms. The van der Waals surface area contributed by atoms with E-state index in [1.54, 1.807) is 12.1 Å². The number of benzene rings is 2. The van der Waals surface area contributed by atoms with Crippen molar-refractivity contribution in [3.8, 4) is 5.75 Å². The Labute approximate surface area is 156 Å². The summed E-state index contributed by atoms with van der Waals surface area (Å²) in [5.74, 6) is 0.463. The van der Waals surface area contributed by atoms with Crippen molar-refractivity contribution < 1.29 is 13.9 Å². The fourth-order valence-electron chi connectivity index (χ4n) is 2.62. The molecule has 3 aromatic rings. The molecule has 0 unspecified atom stereocenters. The highest BCUT2D eigenvalue weighted by Crippen LogP contribution is 2.24. The molecule has 0 saturated heterocycles. The van der Waals surface area contributed by atoms with Gasteiger partial charge in [0.1, 0.15) is 18.2 Å². The Morgan fingerprint density at radius 1 is 1.08 bits per heavy atom. The summed E-state index contributed by atoms with van der Waals surface area (Å²) in [4.78, 5) is 12.9. The van der Waals surface area contributed by atoms with E-state index in [-0.39, 0.29) is 11.7 Å². The largest absolute Gasteiger partial charge is 0.488 e. The molecule has 0 atom stereocenters. The standard InChI is InChI=1S/C21H20FNO2S/c1-14-4-3-5-15(2)20(14)25-12-17-10-19(26-13-17)21(24)23-11-16-6-8-18(22)9-7-16/h3-10,13H,11-12H2,1-2H3,(H,23,24). The van der Waals surface area contributed by atoms with E-state index in [2.05, 4.69) is 5.32 Å². The highest BCUT2D eigenvalue weighted by molar-refractivity contribution is 7.12. The number of nitrogens with one attached hydrogen (secondary N) is 1. The number of hydrogen-bond acceptors (Lipinski definition) is 3. The summed E-state index contributed by atoms with van der Waals surface area (Å²) in [6.45, 7) is 4.83. The number of para-hydroxylation sites is 1. The first-order valence-corrected chi connectivity index (χ1v) is 9.20. The van der Waals surface area contributed by atoms with Crippen LogP contribution in [0.3, 0.4) is 0 Å². The third-order valence-electron chi connectivity index (χ3n) is 4.04. The molecule has 0 radical (unpaired) electrons. The lowest BCUT2D eigenvalue weighted by Crippen LogP contribution is -2.21. The summed E-state index contributed by atoms with van der Waals surface area (Å²) >= 11 is 1.39. The molecule has 134 valence electrons. The SMILES string of the molecule is Cc1cccc(C)c1OCc1csc(C(=O)NCc2ccc(F)cc2)c1. The van der Waals surface area contributed by atoms with Crippen LogP contribution in [0.4, 0.5) is 4.39 Å². The van der Waals surface area contributed by atoms with E-state index in [1.165, 1.54) is 23.5 Å². The fraction of sp³-hybridized carbons (Fsp3) is 0.190. The number of amides is 1. The lowest BCUT2D eigenvalue weighted by atomic mass is 10.1. The quantitative estimate of drug-likeness (QED) is 0.663. The van der Waals surface area contributed by atoms with Crippen molar-refractivity contribution in [2.45, 2.75) is 27.0 Å². The summed E-state index contributed by atoms with van der Waals surface area (Å²) in [5, 5.41) is 4.78. The zero-order valence-corrected chi connectivity index (χ0v) is 15.5. The van der Waals surface area contributed by atoms with Gasteiger partial charge in [-0.15, -0.1) is 11.3 Å². The Bertz CT molecular complexity index is 882. The van der Waals surface area contributed by atoms with Crippen LogP contribution in [0.25, 0.3) is 0 Å². The van der Waals surface area contributed by atoms with Crippen molar-refractivity contribution in [1.82, 2.24) is 5.32 Å². The molecule has 0 saturated carbocycles. The molecule has 1 heterocycles. The number of rotatable bonds is 6. The first-order valence-electron chi connectivity index (χ1n) is 8.32. The second kappa shape index (κ2) is 8.15. The lowest BCUT2D eigenvalue weighted by Gasteiger charge is -2.10. The van der Waals surface area contributed by atoms with Gasteiger partial charge in [-0.25, -0.2) is 4.39 Å². The predicted octanol–water partition coefficient (Wildman–Crippen LogP) is 5.01. The number of hydrogen-bond donors (Lipinski definition) is 1. The van der Waals surface area contributed by atoms with Crippen molar-refractivity contribution in [2.24, 2.45) is 0 Å². The van der Waals surface area contributed by atoms with Crippen LogP contribution in [-0.2, 0) is 13.2 Å². The Balaban J connectivity index is 1.57. The van der Waals surface area contributed by atoms with Crippen molar-refractivity contribution >= 4 is 17.2 Å². The average molecular weight is 369 g/mol. The van der Waals surface area contributed by atoms with E-state index in [9.17, 15) is 9.18 Å². The summed E-state index contributed by atoms with van der Waals surface area (Å²) in [7, 11) is 0. The van der Waals surface area contributed by atoms with E-state index < -0.39 is 0 Å². The van der Waals surface area contributed by atoms with Crippen LogP contribution in [-0.4, -0.2) is 5.91 Å².